The molecule has 1 N–H and O–H groups in total. The summed E-state index contributed by atoms with van der Waals surface area (Å²) in [6.07, 6.45) is 1.66. The molecule has 0 radical (unpaired) electrons. The van der Waals surface area contributed by atoms with E-state index in [1.807, 2.05) is 12.1 Å². The minimum Gasteiger partial charge on any atom is -0.465 e. The van der Waals surface area contributed by atoms with Gasteiger partial charge in [-0.3, -0.25) is 4.79 Å². The number of carbonyl (C=O) groups is 2. The monoisotopic (exact) mass is 427 g/mol. The van der Waals surface area contributed by atoms with E-state index >= 15 is 0 Å². The lowest BCUT2D eigenvalue weighted by atomic mass is 9.96. The minimum atomic E-state index is -0.475. The van der Waals surface area contributed by atoms with Crippen molar-refractivity contribution in [2.75, 3.05) is 25.7 Å². The third-order valence-corrected chi connectivity index (χ3v) is 6.48. The normalized spacial score (nSPS) is 13.2. The maximum absolute atomic E-state index is 12.7. The average Bonchev–Trinajstić information content (AvgIpc) is 3.09. The number of thiophene rings is 1. The molecule has 0 amide bonds. The van der Waals surface area contributed by atoms with Crippen LogP contribution in [0.25, 0.3) is 10.2 Å². The molecule has 0 saturated carbocycles. The summed E-state index contributed by atoms with van der Waals surface area (Å²) < 4.78 is 9.71. The Morgan fingerprint density at radius 1 is 1.23 bits per heavy atom. The van der Waals surface area contributed by atoms with E-state index in [0.717, 1.165) is 42.0 Å². The highest BCUT2D eigenvalue weighted by Gasteiger charge is 2.24. The number of esters is 2. The van der Waals surface area contributed by atoms with Crippen LogP contribution < -0.4 is 10.5 Å². The quantitative estimate of drug-likeness (QED) is 0.639. The second kappa shape index (κ2) is 7.91. The van der Waals surface area contributed by atoms with Gasteiger partial charge in [-0.1, -0.05) is 6.07 Å². The van der Waals surface area contributed by atoms with Crippen LogP contribution in [0.1, 0.15) is 43.4 Å². The summed E-state index contributed by atoms with van der Waals surface area (Å²) in [4.78, 5) is 47.2. The first-order valence-electron chi connectivity index (χ1n) is 9.50. The molecule has 156 valence electrons. The van der Waals surface area contributed by atoms with Gasteiger partial charge in [0.1, 0.15) is 15.5 Å². The van der Waals surface area contributed by atoms with Gasteiger partial charge in [-0.15, -0.1) is 11.3 Å². The first kappa shape index (κ1) is 20.1. The Bertz CT molecular complexity index is 1210. The number of ether oxygens (including phenoxy) is 2. The van der Waals surface area contributed by atoms with Crippen molar-refractivity contribution in [2.45, 2.75) is 26.3 Å². The predicted octanol–water partition coefficient (Wildman–Crippen LogP) is 2.82. The number of aromatic amines is 1. The third-order valence-electron chi connectivity index (χ3n) is 5.31. The number of rotatable bonds is 4. The van der Waals surface area contributed by atoms with Crippen molar-refractivity contribution < 1.29 is 19.1 Å². The molecule has 3 aromatic rings. The molecule has 8 nitrogen and oxygen atoms in total. The molecule has 0 aliphatic carbocycles. The van der Waals surface area contributed by atoms with Crippen LogP contribution in [-0.2, 0) is 22.4 Å². The number of methoxy groups -OCH3 is 2. The summed E-state index contributed by atoms with van der Waals surface area (Å²) in [5.74, 6) is -0.329. The number of aromatic nitrogens is 2. The summed E-state index contributed by atoms with van der Waals surface area (Å²) in [5, 5.41) is 0.413. The number of hydrogen-bond donors (Lipinski definition) is 1. The lowest BCUT2D eigenvalue weighted by Gasteiger charge is -2.31. The number of nitrogens with one attached hydrogen (secondary N) is 1. The van der Waals surface area contributed by atoms with E-state index in [2.05, 4.69) is 14.9 Å². The van der Waals surface area contributed by atoms with Gasteiger partial charge in [0.15, 0.2) is 0 Å². The van der Waals surface area contributed by atoms with Crippen molar-refractivity contribution in [1.29, 1.82) is 0 Å². The van der Waals surface area contributed by atoms with Crippen LogP contribution in [0.5, 0.6) is 0 Å². The average molecular weight is 427 g/mol. The van der Waals surface area contributed by atoms with E-state index in [4.69, 9.17) is 9.47 Å². The van der Waals surface area contributed by atoms with Gasteiger partial charge >= 0.3 is 11.9 Å². The molecule has 0 fully saturated rings. The standard InChI is InChI=1S/C21H21N3O5S/c1-11-16-18(25)22-15(23-19(16)30-17(11)21(27)29-3)10-24-9-5-7-12-13(20(26)28-2)6-4-8-14(12)24/h4,6,8H,5,7,9-10H2,1-3H3,(H,22,23,25). The molecule has 0 saturated heterocycles. The first-order valence-corrected chi connectivity index (χ1v) is 10.3. The number of fused-ring (bicyclic) bond motifs is 2. The van der Waals surface area contributed by atoms with Gasteiger partial charge in [-0.05, 0) is 43.0 Å². The highest BCUT2D eigenvalue weighted by Crippen LogP contribution is 2.32. The molecule has 1 aromatic carbocycles. The molecule has 0 bridgehead atoms. The Kier molecular flexibility index (Phi) is 5.29. The zero-order chi connectivity index (χ0) is 21.4. The molecule has 30 heavy (non-hydrogen) atoms. The topological polar surface area (TPSA) is 102 Å². The molecule has 1 aliphatic heterocycles. The molecular formula is C21H21N3O5S. The second-order valence-electron chi connectivity index (χ2n) is 7.06. The molecule has 0 unspecified atom stereocenters. The number of anilines is 1. The largest absolute Gasteiger partial charge is 0.465 e. The summed E-state index contributed by atoms with van der Waals surface area (Å²) in [6.45, 7) is 2.88. The van der Waals surface area contributed by atoms with Gasteiger partial charge in [-0.2, -0.15) is 0 Å². The highest BCUT2D eigenvalue weighted by molar-refractivity contribution is 7.20. The number of H-pyrrole nitrogens is 1. The fourth-order valence-corrected chi connectivity index (χ4v) is 5.02. The van der Waals surface area contributed by atoms with Crippen LogP contribution in [0, 0.1) is 6.92 Å². The van der Waals surface area contributed by atoms with Crippen LogP contribution in [0.3, 0.4) is 0 Å². The summed E-state index contributed by atoms with van der Waals surface area (Å²) in [6, 6.07) is 5.55. The maximum Gasteiger partial charge on any atom is 0.348 e. The molecule has 3 heterocycles. The van der Waals surface area contributed by atoms with Crippen LogP contribution in [0.15, 0.2) is 23.0 Å². The van der Waals surface area contributed by atoms with E-state index in [9.17, 15) is 14.4 Å². The molecule has 2 aromatic heterocycles. The summed E-state index contributed by atoms with van der Waals surface area (Å²) in [5.41, 5.74) is 2.74. The smallest absolute Gasteiger partial charge is 0.348 e. The zero-order valence-electron chi connectivity index (χ0n) is 16.9. The van der Waals surface area contributed by atoms with Gasteiger partial charge in [0.25, 0.3) is 5.56 Å². The van der Waals surface area contributed by atoms with Crippen LogP contribution >= 0.6 is 11.3 Å². The van der Waals surface area contributed by atoms with Crippen molar-refractivity contribution in [3.05, 3.63) is 55.9 Å². The Balaban J connectivity index is 1.72. The second-order valence-corrected chi connectivity index (χ2v) is 8.06. The minimum absolute atomic E-state index is 0.278. The van der Waals surface area contributed by atoms with Crippen molar-refractivity contribution in [2.24, 2.45) is 0 Å². The van der Waals surface area contributed by atoms with Crippen LogP contribution in [-0.4, -0.2) is 42.7 Å². The zero-order valence-corrected chi connectivity index (χ0v) is 17.7. The fourth-order valence-electron chi connectivity index (χ4n) is 3.90. The van der Waals surface area contributed by atoms with Gasteiger partial charge in [0.05, 0.1) is 31.7 Å². The Labute approximate surface area is 176 Å². The maximum atomic E-state index is 12.7. The molecule has 0 spiro atoms. The Hall–Kier alpha value is -3.20. The van der Waals surface area contributed by atoms with E-state index < -0.39 is 5.97 Å². The molecule has 4 rings (SSSR count). The number of carbonyl (C=O) groups excluding carboxylic acids is 2. The molecule has 0 atom stereocenters. The number of hydrogen-bond acceptors (Lipinski definition) is 8. The van der Waals surface area contributed by atoms with E-state index in [-0.39, 0.29) is 11.5 Å². The molecule has 1 aliphatic rings. The van der Waals surface area contributed by atoms with E-state index in [1.54, 1.807) is 13.0 Å². The van der Waals surface area contributed by atoms with Crippen molar-refractivity contribution in [3.63, 3.8) is 0 Å². The molecular weight excluding hydrogens is 406 g/mol. The van der Waals surface area contributed by atoms with Crippen molar-refractivity contribution in [1.82, 2.24) is 9.97 Å². The van der Waals surface area contributed by atoms with E-state index in [0.29, 0.717) is 38.6 Å². The fraction of sp³-hybridized carbons (Fsp3) is 0.333. The van der Waals surface area contributed by atoms with Crippen LogP contribution in [0.4, 0.5) is 5.69 Å². The van der Waals surface area contributed by atoms with Gasteiger partial charge in [-0.25, -0.2) is 14.6 Å². The van der Waals surface area contributed by atoms with Gasteiger partial charge in [0.2, 0.25) is 0 Å². The Morgan fingerprint density at radius 3 is 2.73 bits per heavy atom. The predicted molar refractivity (Wildman–Crippen MR) is 113 cm³/mol. The van der Waals surface area contributed by atoms with Crippen molar-refractivity contribution in [3.8, 4) is 0 Å². The van der Waals surface area contributed by atoms with Crippen molar-refractivity contribution >= 4 is 39.2 Å². The summed E-state index contributed by atoms with van der Waals surface area (Å²) >= 11 is 1.16. The van der Waals surface area contributed by atoms with E-state index in [1.165, 1.54) is 14.2 Å². The lowest BCUT2D eigenvalue weighted by molar-refractivity contribution is 0.0593. The number of nitrogens with zero attached hydrogens (tertiary/aromatic N) is 2. The highest BCUT2D eigenvalue weighted by atomic mass is 32.1. The third kappa shape index (κ3) is 3.35. The number of benzene rings is 1. The first-order chi connectivity index (χ1) is 14.4. The van der Waals surface area contributed by atoms with Gasteiger partial charge in [0, 0.05) is 12.2 Å². The van der Waals surface area contributed by atoms with Gasteiger partial charge < -0.3 is 19.4 Å². The van der Waals surface area contributed by atoms with Crippen LogP contribution in [0.2, 0.25) is 0 Å². The SMILES string of the molecule is COC(=O)c1cccc2c1CCCN2Cc1nc2sc(C(=O)OC)c(C)c2c(=O)[nH]1. The summed E-state index contributed by atoms with van der Waals surface area (Å²) in [7, 11) is 2.68. The Morgan fingerprint density at radius 2 is 2.00 bits per heavy atom. The lowest BCUT2D eigenvalue weighted by Crippen LogP contribution is -2.31. The number of aryl methyl sites for hydroxylation is 1. The molecule has 9 heteroatoms.